The smallest absolute Gasteiger partial charge is 0.346 e. The Hall–Kier alpha value is -3.86. The summed E-state index contributed by atoms with van der Waals surface area (Å²) in [6, 6.07) is 9.86. The molecule has 2 aromatic carbocycles. The van der Waals surface area contributed by atoms with Crippen molar-refractivity contribution in [2.75, 3.05) is 12.4 Å². The number of anilines is 2. The topological polar surface area (TPSA) is 120 Å². The van der Waals surface area contributed by atoms with Crippen LogP contribution in [0, 0.1) is 15.9 Å². The molecule has 0 atom stereocenters. The van der Waals surface area contributed by atoms with E-state index in [4.69, 9.17) is 9.15 Å². The fraction of sp³-hybridized carbons (Fsp3) is 0.0556. The van der Waals surface area contributed by atoms with Gasteiger partial charge >= 0.3 is 5.63 Å². The molecule has 9 nitrogen and oxygen atoms in total. The highest BCUT2D eigenvalue weighted by Crippen LogP contribution is 2.32. The molecule has 0 aliphatic heterocycles. The average Bonchev–Trinajstić information content (AvgIpc) is 3.16. The van der Waals surface area contributed by atoms with E-state index in [9.17, 15) is 19.3 Å². The van der Waals surface area contributed by atoms with Crippen molar-refractivity contribution in [2.24, 2.45) is 0 Å². The maximum absolute atomic E-state index is 14.0. The summed E-state index contributed by atoms with van der Waals surface area (Å²) in [6.07, 6.45) is 0. The van der Waals surface area contributed by atoms with Crippen LogP contribution in [0.2, 0.25) is 0 Å². The number of nitro benzene ring substituents is 1. The van der Waals surface area contributed by atoms with E-state index in [1.54, 1.807) is 24.3 Å². The Morgan fingerprint density at radius 3 is 2.83 bits per heavy atom. The predicted molar refractivity (Wildman–Crippen MR) is 104 cm³/mol. The number of hydrogen-bond acceptors (Lipinski definition) is 9. The third-order valence-corrected chi connectivity index (χ3v) is 4.87. The molecule has 0 saturated carbocycles. The molecule has 0 radical (unpaired) electrons. The van der Waals surface area contributed by atoms with Gasteiger partial charge in [0.15, 0.2) is 16.3 Å². The number of non-ortho nitro benzene ring substituents is 1. The van der Waals surface area contributed by atoms with Crippen LogP contribution in [0.3, 0.4) is 0 Å². The van der Waals surface area contributed by atoms with Crippen molar-refractivity contribution in [1.82, 2.24) is 10.2 Å². The van der Waals surface area contributed by atoms with Gasteiger partial charge in [-0.25, -0.2) is 9.18 Å². The van der Waals surface area contributed by atoms with Crippen molar-refractivity contribution in [2.45, 2.75) is 0 Å². The van der Waals surface area contributed by atoms with E-state index in [0.717, 1.165) is 29.5 Å². The fourth-order valence-electron chi connectivity index (χ4n) is 2.65. The Morgan fingerprint density at radius 1 is 1.24 bits per heavy atom. The van der Waals surface area contributed by atoms with Gasteiger partial charge in [-0.15, -0.1) is 10.2 Å². The van der Waals surface area contributed by atoms with Gasteiger partial charge in [-0.05, 0) is 18.2 Å². The average molecular weight is 414 g/mol. The molecule has 29 heavy (non-hydrogen) atoms. The van der Waals surface area contributed by atoms with Crippen LogP contribution in [-0.4, -0.2) is 22.2 Å². The molecule has 2 aromatic heterocycles. The lowest BCUT2D eigenvalue weighted by Crippen LogP contribution is -2.03. The number of halogens is 1. The zero-order valence-electron chi connectivity index (χ0n) is 14.7. The van der Waals surface area contributed by atoms with E-state index in [1.807, 2.05) is 0 Å². The number of nitro groups is 1. The van der Waals surface area contributed by atoms with Crippen molar-refractivity contribution in [3.8, 4) is 16.3 Å². The van der Waals surface area contributed by atoms with Crippen LogP contribution in [0.5, 0.6) is 5.75 Å². The number of nitrogens with zero attached hydrogens (tertiary/aromatic N) is 3. The van der Waals surface area contributed by atoms with Gasteiger partial charge in [0.1, 0.15) is 5.82 Å². The molecular formula is C18H11FN4O5S. The molecule has 11 heteroatoms. The summed E-state index contributed by atoms with van der Waals surface area (Å²) in [6.45, 7) is 0. The van der Waals surface area contributed by atoms with Crippen molar-refractivity contribution in [3.63, 3.8) is 0 Å². The summed E-state index contributed by atoms with van der Waals surface area (Å²) < 4.78 is 24.5. The van der Waals surface area contributed by atoms with E-state index < -0.39 is 16.4 Å². The highest BCUT2D eigenvalue weighted by molar-refractivity contribution is 7.18. The number of hydrogen-bond donors (Lipinski definition) is 1. The first-order chi connectivity index (χ1) is 14.0. The van der Waals surface area contributed by atoms with Crippen LogP contribution in [-0.2, 0) is 0 Å². The molecule has 4 rings (SSSR count). The monoisotopic (exact) mass is 414 g/mol. The Balaban J connectivity index is 1.70. The molecule has 0 amide bonds. The minimum Gasteiger partial charge on any atom is -0.493 e. The number of aromatic nitrogens is 2. The largest absolute Gasteiger partial charge is 0.493 e. The SMILES string of the molecule is COc1cccc2cc(-c3nnc(Nc4cc([N+](=O)[O-])ccc4F)s3)c(=O)oc12. The number of methoxy groups -OCH3 is 1. The first kappa shape index (κ1) is 18.5. The molecule has 146 valence electrons. The molecule has 2 heterocycles. The number of para-hydroxylation sites is 1. The summed E-state index contributed by atoms with van der Waals surface area (Å²) >= 11 is 0.975. The lowest BCUT2D eigenvalue weighted by atomic mass is 10.2. The molecule has 0 aliphatic rings. The molecule has 1 N–H and O–H groups in total. The lowest BCUT2D eigenvalue weighted by Gasteiger charge is -2.04. The van der Waals surface area contributed by atoms with Crippen LogP contribution < -0.4 is 15.7 Å². The van der Waals surface area contributed by atoms with Gasteiger partial charge < -0.3 is 14.5 Å². The highest BCUT2D eigenvalue weighted by atomic mass is 32.1. The van der Waals surface area contributed by atoms with E-state index in [-0.39, 0.29) is 27.1 Å². The first-order valence-electron chi connectivity index (χ1n) is 8.12. The Labute approximate surface area is 165 Å². The predicted octanol–water partition coefficient (Wildman–Crippen LogP) is 4.11. The summed E-state index contributed by atoms with van der Waals surface area (Å²) in [5.41, 5.74) is -0.549. The molecule has 0 unspecified atom stereocenters. The van der Waals surface area contributed by atoms with Gasteiger partial charge in [-0.1, -0.05) is 23.5 Å². The molecule has 0 aliphatic carbocycles. The van der Waals surface area contributed by atoms with E-state index in [1.165, 1.54) is 7.11 Å². The third-order valence-electron chi connectivity index (χ3n) is 4.00. The summed E-state index contributed by atoms with van der Waals surface area (Å²) in [7, 11) is 1.47. The molecule has 0 spiro atoms. The Kier molecular flexibility index (Phi) is 4.64. The number of benzene rings is 2. The lowest BCUT2D eigenvalue weighted by molar-refractivity contribution is -0.384. The van der Waals surface area contributed by atoms with Crippen LogP contribution in [0.1, 0.15) is 0 Å². The molecule has 0 bridgehead atoms. The van der Waals surface area contributed by atoms with Crippen LogP contribution >= 0.6 is 11.3 Å². The van der Waals surface area contributed by atoms with E-state index in [2.05, 4.69) is 15.5 Å². The first-order valence-corrected chi connectivity index (χ1v) is 8.93. The zero-order valence-corrected chi connectivity index (χ0v) is 15.5. The summed E-state index contributed by atoms with van der Waals surface area (Å²) in [5, 5.41) is 22.4. The van der Waals surface area contributed by atoms with Crippen molar-refractivity contribution >= 4 is 38.8 Å². The molecule has 0 fully saturated rings. The second-order valence-corrected chi connectivity index (χ2v) is 6.76. The Morgan fingerprint density at radius 2 is 2.07 bits per heavy atom. The molecule has 0 saturated heterocycles. The Bertz CT molecular complexity index is 1300. The number of fused-ring (bicyclic) bond motifs is 1. The van der Waals surface area contributed by atoms with Crippen LogP contribution in [0.4, 0.5) is 20.9 Å². The van der Waals surface area contributed by atoms with E-state index >= 15 is 0 Å². The maximum Gasteiger partial charge on any atom is 0.346 e. The van der Waals surface area contributed by atoms with Crippen molar-refractivity contribution < 1.29 is 18.5 Å². The number of nitrogens with one attached hydrogen (secondary N) is 1. The summed E-state index contributed by atoms with van der Waals surface area (Å²) in [4.78, 5) is 22.6. The van der Waals surface area contributed by atoms with Gasteiger partial charge in [-0.3, -0.25) is 10.1 Å². The summed E-state index contributed by atoms with van der Waals surface area (Å²) in [5.74, 6) is -0.267. The normalized spacial score (nSPS) is 10.8. The van der Waals surface area contributed by atoms with Crippen LogP contribution in [0.15, 0.2) is 51.7 Å². The van der Waals surface area contributed by atoms with Crippen molar-refractivity contribution in [1.29, 1.82) is 0 Å². The van der Waals surface area contributed by atoms with Crippen molar-refractivity contribution in [3.05, 3.63) is 68.8 Å². The quantitative estimate of drug-likeness (QED) is 0.294. The molecular weight excluding hydrogens is 403 g/mol. The second-order valence-electron chi connectivity index (χ2n) is 5.78. The fourth-order valence-corrected chi connectivity index (χ4v) is 3.41. The van der Waals surface area contributed by atoms with Gasteiger partial charge in [0.05, 0.1) is 23.3 Å². The van der Waals surface area contributed by atoms with Gasteiger partial charge in [0.2, 0.25) is 5.13 Å². The minimum atomic E-state index is -0.690. The number of ether oxygens (including phenoxy) is 1. The third kappa shape index (κ3) is 3.50. The highest BCUT2D eigenvalue weighted by Gasteiger charge is 2.17. The number of rotatable bonds is 5. The van der Waals surface area contributed by atoms with Gasteiger partial charge in [0, 0.05) is 17.5 Å². The zero-order chi connectivity index (χ0) is 20.5. The minimum absolute atomic E-state index is 0.128. The van der Waals surface area contributed by atoms with Crippen LogP contribution in [0.25, 0.3) is 21.5 Å². The second kappa shape index (κ2) is 7.28. The maximum atomic E-state index is 14.0. The van der Waals surface area contributed by atoms with Gasteiger partial charge in [-0.2, -0.15) is 0 Å². The van der Waals surface area contributed by atoms with Gasteiger partial charge in [0.25, 0.3) is 5.69 Å². The standard InChI is InChI=1S/C18H11FN4O5S/c1-27-14-4-2-3-9-7-11(17(24)28-15(9)14)16-21-22-18(29-16)20-13-8-10(23(25)26)5-6-12(13)19/h2-8H,1H3,(H,20,22). The van der Waals surface area contributed by atoms with E-state index in [0.29, 0.717) is 16.7 Å². The molecule has 4 aromatic rings.